The molecule has 1 aromatic heterocycles. The Labute approximate surface area is 169 Å². The van der Waals surface area contributed by atoms with E-state index in [0.717, 1.165) is 38.9 Å². The van der Waals surface area contributed by atoms with E-state index in [1.165, 1.54) is 0 Å². The first-order valence-corrected chi connectivity index (χ1v) is 9.89. The molecule has 0 saturated heterocycles. The van der Waals surface area contributed by atoms with Crippen LogP contribution < -0.4 is 5.56 Å². The Morgan fingerprint density at radius 3 is 2.41 bits per heavy atom. The van der Waals surface area contributed by atoms with Crippen LogP contribution in [0.3, 0.4) is 0 Å². The molecule has 0 bridgehead atoms. The summed E-state index contributed by atoms with van der Waals surface area (Å²) in [6.07, 6.45) is 0.315. The molecule has 1 atom stereocenters. The number of aromatic nitrogens is 1. The number of rotatable bonds is 3. The highest BCUT2D eigenvalue weighted by Gasteiger charge is 2.33. The summed E-state index contributed by atoms with van der Waals surface area (Å²) >= 11 is 0. The van der Waals surface area contributed by atoms with E-state index in [2.05, 4.69) is 30.3 Å². The van der Waals surface area contributed by atoms with Gasteiger partial charge in [-0.1, -0.05) is 72.3 Å². The highest BCUT2D eigenvalue weighted by molar-refractivity contribution is 6.04. The van der Waals surface area contributed by atoms with Gasteiger partial charge in [0.05, 0.1) is 11.7 Å². The van der Waals surface area contributed by atoms with Gasteiger partial charge in [-0.05, 0) is 36.4 Å². The van der Waals surface area contributed by atoms with Gasteiger partial charge in [-0.15, -0.1) is 0 Å². The van der Waals surface area contributed by atoms with E-state index in [4.69, 9.17) is 0 Å². The highest BCUT2D eigenvalue weighted by atomic mass is 16.1. The van der Waals surface area contributed by atoms with Crippen LogP contribution in [0.2, 0.25) is 0 Å². The molecule has 1 unspecified atom stereocenters. The van der Waals surface area contributed by atoms with Crippen molar-refractivity contribution in [3.8, 4) is 22.4 Å². The van der Waals surface area contributed by atoms with Crippen LogP contribution in [0.4, 0.5) is 0 Å². The van der Waals surface area contributed by atoms with Gasteiger partial charge in [0.2, 0.25) is 0 Å². The number of benzene rings is 3. The van der Waals surface area contributed by atoms with E-state index in [1.54, 1.807) is 6.92 Å². The molecule has 2 heterocycles. The van der Waals surface area contributed by atoms with E-state index in [9.17, 15) is 9.59 Å². The zero-order valence-corrected chi connectivity index (χ0v) is 16.5. The lowest BCUT2D eigenvalue weighted by Gasteiger charge is -2.19. The number of pyridine rings is 1. The smallest absolute Gasteiger partial charge is 0.259 e. The van der Waals surface area contributed by atoms with Crippen molar-refractivity contribution in [3.63, 3.8) is 0 Å². The van der Waals surface area contributed by atoms with Crippen LogP contribution in [0, 0.1) is 6.92 Å². The summed E-state index contributed by atoms with van der Waals surface area (Å²) in [6.45, 7) is 3.59. The van der Waals surface area contributed by atoms with Gasteiger partial charge in [-0.25, -0.2) is 0 Å². The Hall–Kier alpha value is -3.46. The van der Waals surface area contributed by atoms with Gasteiger partial charge in [0, 0.05) is 22.9 Å². The summed E-state index contributed by atoms with van der Waals surface area (Å²) < 4.78 is 1.86. The fourth-order valence-electron chi connectivity index (χ4n) is 4.61. The van der Waals surface area contributed by atoms with Gasteiger partial charge in [-0.2, -0.15) is 0 Å². The topological polar surface area (TPSA) is 39.1 Å². The van der Waals surface area contributed by atoms with Crippen molar-refractivity contribution in [2.24, 2.45) is 0 Å². The van der Waals surface area contributed by atoms with Crippen molar-refractivity contribution in [2.75, 3.05) is 0 Å². The van der Waals surface area contributed by atoms with Gasteiger partial charge in [0.1, 0.15) is 5.78 Å². The van der Waals surface area contributed by atoms with Crippen molar-refractivity contribution < 1.29 is 4.79 Å². The molecule has 3 nitrogen and oxygen atoms in total. The first kappa shape index (κ1) is 17.6. The lowest BCUT2D eigenvalue weighted by molar-refractivity contribution is -0.117. The molecule has 0 spiro atoms. The number of Topliss-reactive ketones (excluding diaryl/α,β-unsaturated/α-hetero) is 1. The van der Waals surface area contributed by atoms with Gasteiger partial charge in [-0.3, -0.25) is 14.2 Å². The number of hydrogen-bond acceptors (Lipinski definition) is 2. The van der Waals surface area contributed by atoms with Crippen LogP contribution in [0.1, 0.15) is 30.5 Å². The maximum Gasteiger partial charge on any atom is 0.259 e. The molecule has 3 aromatic carbocycles. The third kappa shape index (κ3) is 2.65. The number of nitrogens with zero attached hydrogens (tertiary/aromatic N) is 1. The number of aryl methyl sites for hydroxylation is 1. The molecular weight excluding hydrogens is 358 g/mol. The Morgan fingerprint density at radius 2 is 1.66 bits per heavy atom. The van der Waals surface area contributed by atoms with Crippen molar-refractivity contribution >= 4 is 16.6 Å². The van der Waals surface area contributed by atoms with Crippen molar-refractivity contribution in [2.45, 2.75) is 26.3 Å². The minimum absolute atomic E-state index is 0.0270. The van der Waals surface area contributed by atoms with Gasteiger partial charge in [0.15, 0.2) is 0 Å². The van der Waals surface area contributed by atoms with E-state index < -0.39 is 0 Å². The summed E-state index contributed by atoms with van der Waals surface area (Å²) in [5, 5.41) is 1.66. The number of ketones is 1. The largest absolute Gasteiger partial charge is 0.300 e. The minimum Gasteiger partial charge on any atom is -0.300 e. The second-order valence-electron chi connectivity index (χ2n) is 7.82. The normalized spacial score (nSPS) is 14.6. The molecule has 0 saturated carbocycles. The second-order valence-corrected chi connectivity index (χ2v) is 7.82. The fourth-order valence-corrected chi connectivity index (χ4v) is 4.61. The summed E-state index contributed by atoms with van der Waals surface area (Å²) in [5.41, 5.74) is 6.15. The molecule has 3 heteroatoms. The van der Waals surface area contributed by atoms with E-state index in [0.29, 0.717) is 11.8 Å². The molecule has 0 N–H and O–H groups in total. The summed E-state index contributed by atoms with van der Waals surface area (Å²) in [6, 6.07) is 24.1. The average Bonchev–Trinajstić information content (AvgIpc) is 3.03. The van der Waals surface area contributed by atoms with E-state index in [-0.39, 0.29) is 17.4 Å². The fraction of sp³-hybridized carbons (Fsp3) is 0.154. The third-order valence-corrected chi connectivity index (χ3v) is 5.80. The molecule has 0 amide bonds. The summed E-state index contributed by atoms with van der Waals surface area (Å²) in [5.74, 6) is 0.0788. The molecular formula is C26H21NO2. The lowest BCUT2D eigenvalue weighted by Crippen LogP contribution is -2.25. The number of carbonyl (C=O) groups excluding carboxylic acids is 1. The van der Waals surface area contributed by atoms with Crippen LogP contribution in [-0.2, 0) is 4.79 Å². The minimum atomic E-state index is -0.265. The van der Waals surface area contributed by atoms with Crippen LogP contribution in [0.15, 0.2) is 77.6 Å². The Kier molecular flexibility index (Phi) is 3.99. The maximum absolute atomic E-state index is 13.7. The second kappa shape index (κ2) is 6.56. The SMILES string of the molecule is CC(=O)CC1c2ccccc2-c2c(-c3ccccc3)c3ccc(C)cc3c(=O)n21. The molecule has 142 valence electrons. The molecule has 4 aromatic rings. The molecule has 5 rings (SSSR count). The maximum atomic E-state index is 13.7. The molecule has 1 aliphatic heterocycles. The summed E-state index contributed by atoms with van der Waals surface area (Å²) in [4.78, 5) is 25.8. The van der Waals surface area contributed by atoms with Crippen molar-refractivity contribution in [1.82, 2.24) is 4.57 Å². The molecule has 29 heavy (non-hydrogen) atoms. The zero-order chi connectivity index (χ0) is 20.1. The average molecular weight is 379 g/mol. The molecule has 0 fully saturated rings. The van der Waals surface area contributed by atoms with Gasteiger partial charge < -0.3 is 0 Å². The number of hydrogen-bond donors (Lipinski definition) is 0. The predicted octanol–water partition coefficient (Wildman–Crippen LogP) is 5.53. The Morgan fingerprint density at radius 1 is 0.931 bits per heavy atom. The zero-order valence-electron chi connectivity index (χ0n) is 16.5. The van der Waals surface area contributed by atoms with Gasteiger partial charge in [0.25, 0.3) is 5.56 Å². The monoisotopic (exact) mass is 379 g/mol. The number of carbonyl (C=O) groups is 1. The predicted molar refractivity (Wildman–Crippen MR) is 117 cm³/mol. The Balaban J connectivity index is 1.99. The van der Waals surface area contributed by atoms with Gasteiger partial charge >= 0.3 is 0 Å². The van der Waals surface area contributed by atoms with Crippen LogP contribution >= 0.6 is 0 Å². The first-order valence-electron chi connectivity index (χ1n) is 9.89. The van der Waals surface area contributed by atoms with E-state index in [1.807, 2.05) is 54.0 Å². The first-order chi connectivity index (χ1) is 14.1. The molecule has 0 radical (unpaired) electrons. The number of fused-ring (bicyclic) bond motifs is 4. The summed E-state index contributed by atoms with van der Waals surface area (Å²) in [7, 11) is 0. The van der Waals surface area contributed by atoms with Crippen LogP contribution in [-0.4, -0.2) is 10.4 Å². The standard InChI is InChI=1S/C26H21NO2/c1-16-12-13-20-22(14-16)26(29)27-23(15-17(2)28)19-10-6-7-11-21(19)25(27)24(20)18-8-4-3-5-9-18/h3-14,23H,15H2,1-2H3. The van der Waals surface area contributed by atoms with E-state index >= 15 is 0 Å². The highest BCUT2D eigenvalue weighted by Crippen LogP contribution is 2.46. The lowest BCUT2D eigenvalue weighted by atomic mass is 9.93. The van der Waals surface area contributed by atoms with Crippen molar-refractivity contribution in [3.05, 3.63) is 94.3 Å². The Bertz CT molecular complexity index is 1330. The van der Waals surface area contributed by atoms with Crippen molar-refractivity contribution in [1.29, 1.82) is 0 Å². The molecule has 0 aliphatic carbocycles. The molecule has 1 aliphatic rings. The van der Waals surface area contributed by atoms with Crippen LogP contribution in [0.25, 0.3) is 33.2 Å². The quantitative estimate of drug-likeness (QED) is 0.470. The van der Waals surface area contributed by atoms with Crippen LogP contribution in [0.5, 0.6) is 0 Å². The third-order valence-electron chi connectivity index (χ3n) is 5.80.